The molecule has 2 aromatic rings. The van der Waals surface area contributed by atoms with Crippen LogP contribution in [0.4, 0.5) is 4.79 Å². The third-order valence-corrected chi connectivity index (χ3v) is 5.74. The molecule has 0 aromatic heterocycles. The second-order valence-corrected chi connectivity index (χ2v) is 8.03. The van der Waals surface area contributed by atoms with E-state index < -0.39 is 36.7 Å². The van der Waals surface area contributed by atoms with Crippen LogP contribution in [0, 0.1) is 11.3 Å². The van der Waals surface area contributed by atoms with Crippen molar-refractivity contribution < 1.29 is 29.3 Å². The van der Waals surface area contributed by atoms with Gasteiger partial charge in [-0.05, 0) is 41.5 Å². The number of carbonyl (C=O) groups is 3. The van der Waals surface area contributed by atoms with Gasteiger partial charge in [0.15, 0.2) is 6.10 Å². The average molecular weight is 466 g/mol. The standard InChI is InChI=1S/C25H27N3O6/c26-13-7-1-2-12-21(23(30)27-14-22(29)24(31)32)28-25(33)34-15-20-18-10-5-3-8-16(18)17-9-4-6-11-19(17)20/h3-6,8-11,20-22,29H,1-2,7,12,14-15H2,(H,27,30)(H,28,33)(H,31,32)/t21?,22-/m0/s1. The first-order valence-electron chi connectivity index (χ1n) is 11.1. The van der Waals surface area contributed by atoms with Crippen molar-refractivity contribution in [2.24, 2.45) is 0 Å². The van der Waals surface area contributed by atoms with Crippen molar-refractivity contribution in [3.05, 3.63) is 59.7 Å². The summed E-state index contributed by atoms with van der Waals surface area (Å²) in [5.74, 6) is -2.23. The van der Waals surface area contributed by atoms with Crippen LogP contribution in [0.3, 0.4) is 0 Å². The second kappa shape index (κ2) is 11.8. The van der Waals surface area contributed by atoms with Crippen molar-refractivity contribution in [1.82, 2.24) is 10.6 Å². The second-order valence-electron chi connectivity index (χ2n) is 8.03. The van der Waals surface area contributed by atoms with Gasteiger partial charge in [0.05, 0.1) is 12.6 Å². The normalized spacial score (nSPS) is 13.6. The van der Waals surface area contributed by atoms with Crippen LogP contribution in [-0.2, 0) is 14.3 Å². The van der Waals surface area contributed by atoms with Crippen molar-refractivity contribution in [1.29, 1.82) is 5.26 Å². The van der Waals surface area contributed by atoms with E-state index in [-0.39, 0.29) is 18.9 Å². The molecule has 4 N–H and O–H groups in total. The topological polar surface area (TPSA) is 149 Å². The number of amides is 2. The maximum Gasteiger partial charge on any atom is 0.407 e. The molecule has 2 aromatic carbocycles. The largest absolute Gasteiger partial charge is 0.479 e. The molecule has 1 aliphatic rings. The van der Waals surface area contributed by atoms with E-state index in [0.29, 0.717) is 19.3 Å². The highest BCUT2D eigenvalue weighted by atomic mass is 16.5. The Morgan fingerprint density at radius 2 is 1.65 bits per heavy atom. The first kappa shape index (κ1) is 24.7. The highest BCUT2D eigenvalue weighted by Crippen LogP contribution is 2.44. The van der Waals surface area contributed by atoms with E-state index >= 15 is 0 Å². The van der Waals surface area contributed by atoms with E-state index in [1.54, 1.807) is 0 Å². The molecule has 0 saturated heterocycles. The molecule has 2 amide bonds. The Labute approximate surface area is 197 Å². The number of benzene rings is 2. The predicted octanol–water partition coefficient (Wildman–Crippen LogP) is 2.54. The van der Waals surface area contributed by atoms with Crippen LogP contribution in [0.1, 0.15) is 42.7 Å². The molecular weight excluding hydrogens is 438 g/mol. The lowest BCUT2D eigenvalue weighted by Crippen LogP contribution is -2.49. The number of ether oxygens (including phenoxy) is 1. The van der Waals surface area contributed by atoms with Crippen LogP contribution in [0.15, 0.2) is 48.5 Å². The van der Waals surface area contributed by atoms with E-state index in [9.17, 15) is 19.5 Å². The number of aliphatic hydroxyl groups excluding tert-OH is 1. The molecule has 0 heterocycles. The summed E-state index contributed by atoms with van der Waals surface area (Å²) in [5, 5.41) is 31.7. The monoisotopic (exact) mass is 465 g/mol. The Morgan fingerprint density at radius 3 is 2.24 bits per heavy atom. The molecule has 34 heavy (non-hydrogen) atoms. The number of nitrogens with one attached hydrogen (secondary N) is 2. The van der Waals surface area contributed by atoms with Crippen molar-refractivity contribution in [2.45, 2.75) is 43.7 Å². The predicted molar refractivity (Wildman–Crippen MR) is 123 cm³/mol. The van der Waals surface area contributed by atoms with Gasteiger partial charge in [0, 0.05) is 12.3 Å². The third kappa shape index (κ3) is 6.11. The Kier molecular flexibility index (Phi) is 8.60. The van der Waals surface area contributed by atoms with Gasteiger partial charge >= 0.3 is 12.1 Å². The lowest BCUT2D eigenvalue weighted by molar-refractivity contribution is -0.146. The SMILES string of the molecule is N#CCCCCC(NC(=O)OCC1c2ccccc2-c2ccccc21)C(=O)NC[C@H](O)C(=O)O. The van der Waals surface area contributed by atoms with E-state index in [1.807, 2.05) is 54.6 Å². The lowest BCUT2D eigenvalue weighted by atomic mass is 9.98. The Balaban J connectivity index is 1.62. The zero-order chi connectivity index (χ0) is 24.5. The quantitative estimate of drug-likeness (QED) is 0.373. The van der Waals surface area contributed by atoms with Gasteiger partial charge in [-0.3, -0.25) is 4.79 Å². The summed E-state index contributed by atoms with van der Waals surface area (Å²) in [4.78, 5) is 35.8. The number of nitriles is 1. The number of hydrogen-bond donors (Lipinski definition) is 4. The number of nitrogens with zero attached hydrogens (tertiary/aromatic N) is 1. The molecular formula is C25H27N3O6. The number of unbranched alkanes of at least 4 members (excludes halogenated alkanes) is 2. The Morgan fingerprint density at radius 1 is 1.03 bits per heavy atom. The van der Waals surface area contributed by atoms with Gasteiger partial charge in [0.1, 0.15) is 12.6 Å². The molecule has 0 radical (unpaired) electrons. The van der Waals surface area contributed by atoms with Crippen LogP contribution in [0.2, 0.25) is 0 Å². The minimum absolute atomic E-state index is 0.0837. The first-order valence-corrected chi connectivity index (χ1v) is 11.1. The fraction of sp³-hybridized carbons (Fsp3) is 0.360. The van der Waals surface area contributed by atoms with Crippen LogP contribution >= 0.6 is 0 Å². The van der Waals surface area contributed by atoms with Gasteiger partial charge < -0.3 is 25.6 Å². The van der Waals surface area contributed by atoms with Crippen molar-refractivity contribution in [3.8, 4) is 17.2 Å². The smallest absolute Gasteiger partial charge is 0.407 e. The van der Waals surface area contributed by atoms with Gasteiger partial charge in [-0.15, -0.1) is 0 Å². The zero-order valence-corrected chi connectivity index (χ0v) is 18.6. The number of aliphatic carboxylic acids is 1. The van der Waals surface area contributed by atoms with E-state index in [2.05, 4.69) is 10.6 Å². The number of carbonyl (C=O) groups excluding carboxylic acids is 2. The van der Waals surface area contributed by atoms with E-state index in [4.69, 9.17) is 15.1 Å². The summed E-state index contributed by atoms with van der Waals surface area (Å²) >= 11 is 0. The number of hydrogen-bond acceptors (Lipinski definition) is 6. The van der Waals surface area contributed by atoms with Crippen LogP contribution in [0.5, 0.6) is 0 Å². The van der Waals surface area contributed by atoms with Gasteiger partial charge in [-0.1, -0.05) is 48.5 Å². The average Bonchev–Trinajstić information content (AvgIpc) is 3.16. The summed E-state index contributed by atoms with van der Waals surface area (Å²) in [6.07, 6.45) is -0.933. The number of carboxylic acids is 1. The van der Waals surface area contributed by atoms with Crippen LogP contribution in [-0.4, -0.2) is 53.5 Å². The lowest BCUT2D eigenvalue weighted by Gasteiger charge is -2.20. The third-order valence-electron chi connectivity index (χ3n) is 5.74. The van der Waals surface area contributed by atoms with Gasteiger partial charge in [-0.25, -0.2) is 9.59 Å². The summed E-state index contributed by atoms with van der Waals surface area (Å²) < 4.78 is 5.49. The zero-order valence-electron chi connectivity index (χ0n) is 18.6. The molecule has 0 fully saturated rings. The number of aliphatic hydroxyl groups is 1. The molecule has 0 saturated carbocycles. The fourth-order valence-corrected chi connectivity index (χ4v) is 4.01. The Bertz CT molecular complexity index is 1030. The molecule has 1 unspecified atom stereocenters. The first-order chi connectivity index (χ1) is 16.4. The molecule has 2 atom stereocenters. The maximum atomic E-state index is 12.6. The minimum Gasteiger partial charge on any atom is -0.479 e. The maximum absolute atomic E-state index is 12.6. The summed E-state index contributed by atoms with van der Waals surface area (Å²) in [7, 11) is 0. The molecule has 0 spiro atoms. The summed E-state index contributed by atoms with van der Waals surface area (Å²) in [6, 6.07) is 16.9. The molecule has 9 nitrogen and oxygen atoms in total. The number of fused-ring (bicyclic) bond motifs is 3. The molecule has 3 rings (SSSR count). The molecule has 0 aliphatic heterocycles. The number of carboxylic acid groups (broad SMARTS) is 1. The molecule has 9 heteroatoms. The molecule has 1 aliphatic carbocycles. The van der Waals surface area contributed by atoms with Crippen molar-refractivity contribution in [3.63, 3.8) is 0 Å². The summed E-state index contributed by atoms with van der Waals surface area (Å²) in [5.41, 5.74) is 4.31. The highest BCUT2D eigenvalue weighted by molar-refractivity contribution is 5.86. The van der Waals surface area contributed by atoms with Crippen LogP contribution in [0.25, 0.3) is 11.1 Å². The molecule has 0 bridgehead atoms. The highest BCUT2D eigenvalue weighted by Gasteiger charge is 2.30. The van der Waals surface area contributed by atoms with Crippen molar-refractivity contribution in [2.75, 3.05) is 13.2 Å². The van der Waals surface area contributed by atoms with Crippen molar-refractivity contribution >= 4 is 18.0 Å². The van der Waals surface area contributed by atoms with Crippen LogP contribution < -0.4 is 10.6 Å². The Hall–Kier alpha value is -3.90. The van der Waals surface area contributed by atoms with Gasteiger partial charge in [0.25, 0.3) is 0 Å². The van der Waals surface area contributed by atoms with E-state index in [1.165, 1.54) is 0 Å². The number of alkyl carbamates (subject to hydrolysis) is 1. The van der Waals surface area contributed by atoms with Gasteiger partial charge in [0.2, 0.25) is 5.91 Å². The van der Waals surface area contributed by atoms with E-state index in [0.717, 1.165) is 22.3 Å². The summed E-state index contributed by atoms with van der Waals surface area (Å²) in [6.45, 7) is -0.407. The minimum atomic E-state index is -1.75. The number of rotatable bonds is 11. The molecule has 178 valence electrons. The fourth-order valence-electron chi connectivity index (χ4n) is 4.01. The van der Waals surface area contributed by atoms with Gasteiger partial charge in [-0.2, -0.15) is 5.26 Å².